The molecular weight excluding hydrogens is 213 g/mol. The van der Waals surface area contributed by atoms with E-state index in [2.05, 4.69) is 30.7 Å². The molecule has 2 rings (SSSR count). The minimum absolute atomic E-state index is 0.252. The van der Waals surface area contributed by atoms with Crippen LogP contribution >= 0.6 is 11.3 Å². The molecule has 0 unspecified atom stereocenters. The maximum Gasteiger partial charge on any atom is 0.142 e. The number of rotatable bonds is 1. The van der Waals surface area contributed by atoms with Gasteiger partial charge in [-0.2, -0.15) is 0 Å². The molecule has 0 amide bonds. The first kappa shape index (κ1) is 9.80. The highest BCUT2D eigenvalue weighted by atomic mass is 32.1. The number of hydrogen-bond acceptors (Lipinski definition) is 2. The number of pyridine rings is 1. The molecule has 0 aliphatic heterocycles. The Bertz CT molecular complexity index is 472. The van der Waals surface area contributed by atoms with Gasteiger partial charge < -0.3 is 0 Å². The lowest BCUT2D eigenvalue weighted by Crippen LogP contribution is -2.34. The Hall–Kier alpha value is -0.743. The number of fused-ring (bicyclic) bond motifs is 1. The van der Waals surface area contributed by atoms with Crippen LogP contribution in [-0.2, 0) is 0 Å². The van der Waals surface area contributed by atoms with Gasteiger partial charge in [-0.1, -0.05) is 19.6 Å². The van der Waals surface area contributed by atoms with E-state index in [1.165, 1.54) is 10.7 Å². The van der Waals surface area contributed by atoms with Gasteiger partial charge in [0.1, 0.15) is 10.6 Å². The summed E-state index contributed by atoms with van der Waals surface area (Å²) >= 11 is 1.70. The molecule has 0 fully saturated rings. The molecule has 0 aliphatic carbocycles. The molecule has 0 spiro atoms. The summed E-state index contributed by atoms with van der Waals surface area (Å²) in [5.74, 6) is -0.252. The SMILES string of the molecule is C[Si](C)(C)c1cc2cc(F)cnc2s1. The van der Waals surface area contributed by atoms with Crippen LogP contribution in [0.2, 0.25) is 19.6 Å². The number of aromatic nitrogens is 1. The van der Waals surface area contributed by atoms with Gasteiger partial charge in [0.25, 0.3) is 0 Å². The van der Waals surface area contributed by atoms with Crippen LogP contribution in [-0.4, -0.2) is 13.1 Å². The Kier molecular flexibility index (Phi) is 2.19. The van der Waals surface area contributed by atoms with Gasteiger partial charge in [-0.3, -0.25) is 0 Å². The first-order valence-electron chi connectivity index (χ1n) is 4.52. The summed E-state index contributed by atoms with van der Waals surface area (Å²) in [6.45, 7) is 6.86. The van der Waals surface area contributed by atoms with Gasteiger partial charge in [0, 0.05) is 5.39 Å². The Morgan fingerprint density at radius 1 is 1.29 bits per heavy atom. The smallest absolute Gasteiger partial charge is 0.142 e. The molecule has 74 valence electrons. The fraction of sp³-hybridized carbons (Fsp3) is 0.300. The maximum atomic E-state index is 12.9. The van der Waals surface area contributed by atoms with Crippen molar-refractivity contribution in [1.82, 2.24) is 4.98 Å². The van der Waals surface area contributed by atoms with Crippen molar-refractivity contribution in [2.75, 3.05) is 0 Å². The van der Waals surface area contributed by atoms with E-state index in [-0.39, 0.29) is 5.82 Å². The summed E-state index contributed by atoms with van der Waals surface area (Å²) in [5, 5.41) is 0.937. The van der Waals surface area contributed by atoms with Gasteiger partial charge in [-0.25, -0.2) is 9.37 Å². The summed E-state index contributed by atoms with van der Waals surface area (Å²) in [5.41, 5.74) is 0. The third-order valence-corrected chi connectivity index (χ3v) is 6.72. The number of halogens is 1. The van der Waals surface area contributed by atoms with E-state index >= 15 is 0 Å². The molecule has 4 heteroatoms. The highest BCUT2D eigenvalue weighted by Gasteiger charge is 2.19. The summed E-state index contributed by atoms with van der Waals surface area (Å²) in [6, 6.07) is 3.64. The van der Waals surface area contributed by atoms with Crippen molar-refractivity contribution < 1.29 is 4.39 Å². The van der Waals surface area contributed by atoms with Crippen LogP contribution in [0.5, 0.6) is 0 Å². The fourth-order valence-corrected chi connectivity index (χ4v) is 4.11. The minimum Gasteiger partial charge on any atom is -0.242 e. The molecule has 0 saturated carbocycles. The summed E-state index contributed by atoms with van der Waals surface area (Å²) < 4.78 is 14.3. The zero-order chi connectivity index (χ0) is 10.3. The van der Waals surface area contributed by atoms with Gasteiger partial charge in [-0.15, -0.1) is 11.3 Å². The van der Waals surface area contributed by atoms with Crippen molar-refractivity contribution in [3.05, 3.63) is 24.1 Å². The zero-order valence-corrected chi connectivity index (χ0v) is 10.3. The molecule has 0 aliphatic rings. The largest absolute Gasteiger partial charge is 0.242 e. The first-order valence-corrected chi connectivity index (χ1v) is 8.84. The standard InChI is InChI=1S/C10H12FNSSi/c1-14(2,3)9-5-7-4-8(11)6-12-10(7)13-9/h4-6H,1-3H3. The quantitative estimate of drug-likeness (QED) is 0.680. The molecule has 2 aromatic heterocycles. The van der Waals surface area contributed by atoms with Crippen LogP contribution in [0.4, 0.5) is 4.39 Å². The first-order chi connectivity index (χ1) is 6.47. The van der Waals surface area contributed by atoms with E-state index in [1.807, 2.05) is 0 Å². The minimum atomic E-state index is -1.28. The predicted molar refractivity (Wildman–Crippen MR) is 62.6 cm³/mol. The topological polar surface area (TPSA) is 12.9 Å². The second kappa shape index (κ2) is 3.14. The van der Waals surface area contributed by atoms with Gasteiger partial charge in [0.05, 0.1) is 14.3 Å². The van der Waals surface area contributed by atoms with Gasteiger partial charge in [0.15, 0.2) is 0 Å². The van der Waals surface area contributed by atoms with Crippen LogP contribution in [0.15, 0.2) is 18.3 Å². The second-order valence-electron chi connectivity index (χ2n) is 4.41. The van der Waals surface area contributed by atoms with Crippen molar-refractivity contribution in [2.24, 2.45) is 0 Å². The number of hydrogen-bond donors (Lipinski definition) is 0. The van der Waals surface area contributed by atoms with Crippen LogP contribution in [0, 0.1) is 5.82 Å². The van der Waals surface area contributed by atoms with Crippen LogP contribution in [0.1, 0.15) is 0 Å². The maximum absolute atomic E-state index is 12.9. The summed E-state index contributed by atoms with van der Waals surface area (Å²) in [4.78, 5) is 5.03. The Balaban J connectivity index is 2.63. The number of thiophene rings is 1. The van der Waals surface area contributed by atoms with E-state index in [1.54, 1.807) is 17.4 Å². The zero-order valence-electron chi connectivity index (χ0n) is 8.47. The average molecular weight is 225 g/mol. The second-order valence-corrected chi connectivity index (χ2v) is 10.8. The van der Waals surface area contributed by atoms with Crippen molar-refractivity contribution in [3.8, 4) is 0 Å². The van der Waals surface area contributed by atoms with Gasteiger partial charge >= 0.3 is 0 Å². The lowest BCUT2D eigenvalue weighted by molar-refractivity contribution is 0.624. The number of nitrogens with zero attached hydrogens (tertiary/aromatic N) is 1. The van der Waals surface area contributed by atoms with E-state index in [0.717, 1.165) is 10.2 Å². The molecule has 0 bridgehead atoms. The molecular formula is C10H12FNSSi. The third kappa shape index (κ3) is 1.72. The molecule has 0 saturated heterocycles. The summed E-state index contributed by atoms with van der Waals surface area (Å²) in [6.07, 6.45) is 1.28. The average Bonchev–Trinajstić information content (AvgIpc) is 2.45. The predicted octanol–water partition coefficient (Wildman–Crippen LogP) is 2.98. The molecule has 0 radical (unpaired) electrons. The van der Waals surface area contributed by atoms with Crippen molar-refractivity contribution in [3.63, 3.8) is 0 Å². The molecule has 2 aromatic rings. The monoisotopic (exact) mass is 225 g/mol. The van der Waals surface area contributed by atoms with Crippen LogP contribution in [0.25, 0.3) is 10.2 Å². The Morgan fingerprint density at radius 2 is 2.00 bits per heavy atom. The molecule has 14 heavy (non-hydrogen) atoms. The van der Waals surface area contributed by atoms with E-state index in [9.17, 15) is 4.39 Å². The molecule has 0 aromatic carbocycles. The highest BCUT2D eigenvalue weighted by Crippen LogP contribution is 2.20. The van der Waals surface area contributed by atoms with Crippen molar-refractivity contribution in [1.29, 1.82) is 0 Å². The van der Waals surface area contributed by atoms with E-state index < -0.39 is 8.07 Å². The van der Waals surface area contributed by atoms with E-state index in [0.29, 0.717) is 0 Å². The summed E-state index contributed by atoms with van der Waals surface area (Å²) in [7, 11) is -1.28. The van der Waals surface area contributed by atoms with E-state index in [4.69, 9.17) is 0 Å². The molecule has 0 atom stereocenters. The van der Waals surface area contributed by atoms with Crippen molar-refractivity contribution in [2.45, 2.75) is 19.6 Å². The van der Waals surface area contributed by atoms with Crippen molar-refractivity contribution >= 4 is 34.1 Å². The van der Waals surface area contributed by atoms with Gasteiger partial charge in [-0.05, 0) is 16.6 Å². The Labute approximate surface area is 87.6 Å². The highest BCUT2D eigenvalue weighted by molar-refractivity contribution is 7.31. The van der Waals surface area contributed by atoms with Crippen LogP contribution in [0.3, 0.4) is 0 Å². The molecule has 0 N–H and O–H groups in total. The fourth-order valence-electron chi connectivity index (χ4n) is 1.28. The normalized spacial score (nSPS) is 12.3. The lowest BCUT2D eigenvalue weighted by Gasteiger charge is -2.11. The van der Waals surface area contributed by atoms with Crippen LogP contribution < -0.4 is 4.50 Å². The Morgan fingerprint density at radius 3 is 2.64 bits per heavy atom. The molecule has 1 nitrogen and oxygen atoms in total. The third-order valence-electron chi connectivity index (χ3n) is 2.08. The van der Waals surface area contributed by atoms with Gasteiger partial charge in [0.2, 0.25) is 0 Å². The lowest BCUT2D eigenvalue weighted by atomic mass is 10.3. The molecule has 2 heterocycles.